The number of anilines is 1. The highest BCUT2D eigenvalue weighted by Crippen LogP contribution is 2.31. The first-order chi connectivity index (χ1) is 13.7. The van der Waals surface area contributed by atoms with E-state index in [2.05, 4.69) is 35.8 Å². The molecule has 13 nitrogen and oxygen atoms in total. The quantitative estimate of drug-likeness (QED) is 0.430. The number of nitrogens with two attached hydrogens (primary N) is 1. The van der Waals surface area contributed by atoms with Crippen molar-refractivity contribution < 1.29 is 23.6 Å². The lowest BCUT2D eigenvalue weighted by atomic mass is 10.2. The van der Waals surface area contributed by atoms with Gasteiger partial charge in [0.25, 0.3) is 5.91 Å². The summed E-state index contributed by atoms with van der Waals surface area (Å²) < 4.78 is 21.4. The number of rotatable bonds is 6. The topological polar surface area (TPSA) is 165 Å². The van der Waals surface area contributed by atoms with Crippen LogP contribution in [-0.2, 0) is 11.3 Å². The molecule has 1 aliphatic rings. The molecule has 1 amide bonds. The Labute approximate surface area is 157 Å². The average molecular weight is 386 g/mol. The number of hydrazone groups is 1. The Balaban J connectivity index is 1.52. The van der Waals surface area contributed by atoms with Crippen molar-refractivity contribution in [1.29, 1.82) is 0 Å². The number of amides is 1. The number of ether oxygens (including phenoxy) is 3. The van der Waals surface area contributed by atoms with E-state index in [0.29, 0.717) is 22.8 Å². The number of nitrogen functional groups attached to an aromatic ring is 1. The second-order valence-corrected chi connectivity index (χ2v) is 5.51. The molecule has 3 N–H and O–H groups in total. The Morgan fingerprint density at radius 3 is 3.04 bits per heavy atom. The molecule has 0 aliphatic carbocycles. The maximum Gasteiger partial charge on any atom is 0.293 e. The number of fused-ring (bicyclic) bond motifs is 1. The first kappa shape index (κ1) is 17.4. The lowest BCUT2D eigenvalue weighted by molar-refractivity contribution is 0.0944. The van der Waals surface area contributed by atoms with Crippen LogP contribution in [0.3, 0.4) is 0 Å². The summed E-state index contributed by atoms with van der Waals surface area (Å²) in [6.07, 6.45) is 1.46. The SMILES string of the molecule is COCc1c(C(=O)NN=Cc2ccc3c(c2)OCO3)nnn1-c1nonc1N. The molecule has 144 valence electrons. The minimum absolute atomic E-state index is 0.00459. The van der Waals surface area contributed by atoms with E-state index in [0.717, 1.165) is 0 Å². The van der Waals surface area contributed by atoms with Crippen LogP contribution in [0.4, 0.5) is 5.82 Å². The number of nitrogens with zero attached hydrogens (tertiary/aromatic N) is 6. The molecule has 0 bridgehead atoms. The predicted octanol–water partition coefficient (Wildman–Crippen LogP) is -0.129. The second-order valence-electron chi connectivity index (χ2n) is 5.51. The number of methoxy groups -OCH3 is 1. The Morgan fingerprint density at radius 2 is 2.25 bits per heavy atom. The van der Waals surface area contributed by atoms with Crippen molar-refractivity contribution in [2.75, 3.05) is 19.6 Å². The van der Waals surface area contributed by atoms with E-state index in [1.165, 1.54) is 18.0 Å². The number of carbonyl (C=O) groups excluding carboxylic acids is 1. The van der Waals surface area contributed by atoms with Crippen molar-refractivity contribution in [3.63, 3.8) is 0 Å². The molecule has 0 radical (unpaired) electrons. The highest BCUT2D eigenvalue weighted by atomic mass is 16.7. The van der Waals surface area contributed by atoms with Gasteiger partial charge in [0.2, 0.25) is 18.4 Å². The molecule has 3 heterocycles. The molecule has 28 heavy (non-hydrogen) atoms. The number of aromatic nitrogens is 5. The zero-order valence-electron chi connectivity index (χ0n) is 14.5. The van der Waals surface area contributed by atoms with Crippen LogP contribution in [0.2, 0.25) is 0 Å². The summed E-state index contributed by atoms with van der Waals surface area (Å²) in [5.74, 6) is 0.769. The van der Waals surface area contributed by atoms with E-state index in [9.17, 15) is 4.79 Å². The molecular formula is C15H14N8O5. The Morgan fingerprint density at radius 1 is 1.39 bits per heavy atom. The smallest absolute Gasteiger partial charge is 0.293 e. The fourth-order valence-electron chi connectivity index (χ4n) is 2.46. The van der Waals surface area contributed by atoms with Gasteiger partial charge in [-0.15, -0.1) is 5.10 Å². The van der Waals surface area contributed by atoms with E-state index in [4.69, 9.17) is 19.9 Å². The van der Waals surface area contributed by atoms with Crippen LogP contribution in [0.5, 0.6) is 11.5 Å². The Kier molecular flexibility index (Phi) is 4.55. The van der Waals surface area contributed by atoms with Crippen LogP contribution >= 0.6 is 0 Å². The standard InChI is InChI=1S/C15H14N8O5/c1-25-6-9-12(18-22-23(9)14-13(16)20-28-21-14)15(24)19-17-5-8-2-3-10-11(4-8)27-7-26-10/h2-5H,6-7H2,1H3,(H2,16,20)(H,19,24). The molecule has 3 aromatic rings. The van der Waals surface area contributed by atoms with Gasteiger partial charge in [-0.1, -0.05) is 5.21 Å². The first-order valence-corrected chi connectivity index (χ1v) is 7.92. The van der Waals surface area contributed by atoms with Crippen molar-refractivity contribution in [1.82, 2.24) is 30.7 Å². The minimum Gasteiger partial charge on any atom is -0.454 e. The number of carbonyl (C=O) groups is 1. The fraction of sp³-hybridized carbons (Fsp3) is 0.200. The van der Waals surface area contributed by atoms with Crippen LogP contribution < -0.4 is 20.6 Å². The van der Waals surface area contributed by atoms with E-state index in [1.54, 1.807) is 18.2 Å². The largest absolute Gasteiger partial charge is 0.454 e. The lowest BCUT2D eigenvalue weighted by Gasteiger charge is -2.04. The average Bonchev–Trinajstić information content (AvgIpc) is 3.41. The van der Waals surface area contributed by atoms with Gasteiger partial charge in [0.15, 0.2) is 17.2 Å². The van der Waals surface area contributed by atoms with Crippen molar-refractivity contribution in [2.45, 2.75) is 6.61 Å². The van der Waals surface area contributed by atoms with Crippen molar-refractivity contribution >= 4 is 17.9 Å². The van der Waals surface area contributed by atoms with Gasteiger partial charge in [-0.05, 0) is 34.1 Å². The number of hydrogen-bond donors (Lipinski definition) is 2. The Bertz CT molecular complexity index is 1040. The number of benzene rings is 1. The van der Waals surface area contributed by atoms with Crippen LogP contribution in [0.1, 0.15) is 21.7 Å². The second kappa shape index (κ2) is 7.32. The van der Waals surface area contributed by atoms with E-state index < -0.39 is 5.91 Å². The number of hydrogen-bond acceptors (Lipinski definition) is 11. The summed E-state index contributed by atoms with van der Waals surface area (Å²) in [4.78, 5) is 12.5. The van der Waals surface area contributed by atoms with Crippen molar-refractivity contribution in [3.8, 4) is 17.3 Å². The summed E-state index contributed by atoms with van der Waals surface area (Å²) >= 11 is 0. The molecule has 4 rings (SSSR count). The molecule has 1 aromatic carbocycles. The third-order valence-corrected chi connectivity index (χ3v) is 3.73. The zero-order valence-corrected chi connectivity index (χ0v) is 14.5. The molecule has 0 unspecified atom stereocenters. The highest BCUT2D eigenvalue weighted by Gasteiger charge is 2.23. The molecule has 2 aromatic heterocycles. The normalized spacial score (nSPS) is 12.6. The summed E-state index contributed by atoms with van der Waals surface area (Å²) in [7, 11) is 1.46. The van der Waals surface area contributed by atoms with Crippen LogP contribution in [0, 0.1) is 0 Å². The fourth-order valence-corrected chi connectivity index (χ4v) is 2.46. The third-order valence-electron chi connectivity index (χ3n) is 3.73. The summed E-state index contributed by atoms with van der Waals surface area (Å²) in [6, 6.07) is 5.27. The van der Waals surface area contributed by atoms with Gasteiger partial charge in [0.1, 0.15) is 5.69 Å². The summed E-state index contributed by atoms with van der Waals surface area (Å²) in [5, 5.41) is 18.8. The van der Waals surface area contributed by atoms with Gasteiger partial charge in [0.05, 0.1) is 12.8 Å². The number of nitrogens with one attached hydrogen (secondary N) is 1. The van der Waals surface area contributed by atoms with E-state index >= 15 is 0 Å². The first-order valence-electron chi connectivity index (χ1n) is 7.92. The maximum atomic E-state index is 12.5. The zero-order chi connectivity index (χ0) is 19.5. The molecule has 0 spiro atoms. The monoisotopic (exact) mass is 386 g/mol. The van der Waals surface area contributed by atoms with Gasteiger partial charge < -0.3 is 19.9 Å². The molecule has 13 heteroatoms. The van der Waals surface area contributed by atoms with Gasteiger partial charge in [0, 0.05) is 7.11 Å². The van der Waals surface area contributed by atoms with Crippen molar-refractivity contribution in [3.05, 3.63) is 35.2 Å². The lowest BCUT2D eigenvalue weighted by Crippen LogP contribution is -2.20. The van der Waals surface area contributed by atoms with Gasteiger partial charge >= 0.3 is 0 Å². The minimum atomic E-state index is -0.592. The molecular weight excluding hydrogens is 372 g/mol. The maximum absolute atomic E-state index is 12.5. The van der Waals surface area contributed by atoms with Gasteiger partial charge in [-0.2, -0.15) is 9.78 Å². The predicted molar refractivity (Wildman–Crippen MR) is 92.0 cm³/mol. The van der Waals surface area contributed by atoms with E-state index in [1.807, 2.05) is 0 Å². The van der Waals surface area contributed by atoms with Crippen molar-refractivity contribution in [2.24, 2.45) is 5.10 Å². The Hall–Kier alpha value is -4.00. The van der Waals surface area contributed by atoms with Crippen LogP contribution in [0.25, 0.3) is 5.82 Å². The van der Waals surface area contributed by atoms with Crippen LogP contribution in [0.15, 0.2) is 27.9 Å². The molecule has 0 fully saturated rings. The van der Waals surface area contributed by atoms with Gasteiger partial charge in [-0.3, -0.25) is 4.79 Å². The van der Waals surface area contributed by atoms with Gasteiger partial charge in [-0.25, -0.2) is 10.1 Å². The summed E-state index contributed by atoms with van der Waals surface area (Å²) in [6.45, 7) is 0.198. The van der Waals surface area contributed by atoms with Crippen LogP contribution in [-0.4, -0.2) is 51.3 Å². The highest BCUT2D eigenvalue weighted by molar-refractivity contribution is 5.94. The molecule has 0 saturated carbocycles. The molecule has 0 atom stereocenters. The molecule has 0 saturated heterocycles. The summed E-state index contributed by atoms with van der Waals surface area (Å²) in [5.41, 5.74) is 9.06. The molecule has 1 aliphatic heterocycles. The van der Waals surface area contributed by atoms with E-state index in [-0.39, 0.29) is 30.7 Å². The third kappa shape index (κ3) is 3.21.